The number of thiazole rings is 1. The molecular weight excluding hydrogens is 272 g/mol. The summed E-state index contributed by atoms with van der Waals surface area (Å²) in [6.45, 7) is 0. The van der Waals surface area contributed by atoms with Crippen molar-refractivity contribution in [3.63, 3.8) is 0 Å². The third-order valence-electron chi connectivity index (χ3n) is 1.51. The minimum Gasteiger partial charge on any atom is -0.232 e. The second-order valence-electron chi connectivity index (χ2n) is 2.24. The van der Waals surface area contributed by atoms with Crippen LogP contribution in [0.4, 0.5) is 0 Å². The van der Waals surface area contributed by atoms with Crippen LogP contribution in [0.15, 0.2) is 0 Å². The van der Waals surface area contributed by atoms with Gasteiger partial charge in [0.05, 0.1) is 24.8 Å². The van der Waals surface area contributed by atoms with Crippen molar-refractivity contribution in [3.8, 4) is 0 Å². The van der Waals surface area contributed by atoms with Crippen molar-refractivity contribution in [2.75, 3.05) is 0 Å². The first-order valence-electron chi connectivity index (χ1n) is 3.11. The standard InChI is InChI=1S/C7Cl4NS/c8-2-3(9)5(11)7-6(4(2)10)12-1-13-7. The lowest BCUT2D eigenvalue weighted by molar-refractivity contribution is 1.48. The molecule has 6 heteroatoms. The maximum atomic E-state index is 5.92. The molecule has 1 radical (unpaired) electrons. The molecule has 1 aromatic heterocycles. The Balaban J connectivity index is 3.02. The van der Waals surface area contributed by atoms with Gasteiger partial charge in [0.25, 0.3) is 0 Å². The molecule has 13 heavy (non-hydrogen) atoms. The van der Waals surface area contributed by atoms with Gasteiger partial charge in [0, 0.05) is 0 Å². The summed E-state index contributed by atoms with van der Waals surface area (Å²) in [5.74, 6) is 0. The predicted molar refractivity (Wildman–Crippen MR) is 58.5 cm³/mol. The van der Waals surface area contributed by atoms with Crippen molar-refractivity contribution in [1.29, 1.82) is 0 Å². The van der Waals surface area contributed by atoms with Crippen LogP contribution in [-0.2, 0) is 0 Å². The predicted octanol–water partition coefficient (Wildman–Crippen LogP) is 4.71. The average Bonchev–Trinajstić information content (AvgIpc) is 2.59. The van der Waals surface area contributed by atoms with E-state index in [0.717, 1.165) is 0 Å². The van der Waals surface area contributed by atoms with Gasteiger partial charge in [0.15, 0.2) is 5.51 Å². The van der Waals surface area contributed by atoms with Crippen LogP contribution in [0.25, 0.3) is 10.2 Å². The molecule has 0 saturated heterocycles. The highest BCUT2D eigenvalue weighted by Gasteiger charge is 2.16. The van der Waals surface area contributed by atoms with E-state index in [1.807, 2.05) is 0 Å². The average molecular weight is 272 g/mol. The molecule has 0 saturated carbocycles. The molecule has 1 heterocycles. The van der Waals surface area contributed by atoms with Gasteiger partial charge in [-0.05, 0) is 0 Å². The molecule has 0 unspecified atom stereocenters. The first-order valence-corrected chi connectivity index (χ1v) is 5.44. The van der Waals surface area contributed by atoms with Crippen molar-refractivity contribution >= 4 is 68.0 Å². The van der Waals surface area contributed by atoms with Gasteiger partial charge in [-0.3, -0.25) is 0 Å². The van der Waals surface area contributed by atoms with E-state index in [1.54, 1.807) is 0 Å². The third kappa shape index (κ3) is 1.41. The topological polar surface area (TPSA) is 12.9 Å². The normalized spacial score (nSPS) is 11.1. The van der Waals surface area contributed by atoms with Crippen molar-refractivity contribution in [1.82, 2.24) is 4.98 Å². The van der Waals surface area contributed by atoms with Gasteiger partial charge < -0.3 is 0 Å². The molecule has 0 fully saturated rings. The van der Waals surface area contributed by atoms with Gasteiger partial charge >= 0.3 is 0 Å². The van der Waals surface area contributed by atoms with Crippen molar-refractivity contribution in [2.24, 2.45) is 0 Å². The zero-order valence-electron chi connectivity index (χ0n) is 5.87. The fraction of sp³-hybridized carbons (Fsp3) is 0. The Kier molecular flexibility index (Phi) is 2.60. The Morgan fingerprint density at radius 3 is 2.23 bits per heavy atom. The summed E-state index contributed by atoms with van der Waals surface area (Å²) in [7, 11) is 0. The maximum Gasteiger partial charge on any atom is 0.153 e. The highest BCUT2D eigenvalue weighted by Crippen LogP contribution is 2.43. The number of hydrogen-bond acceptors (Lipinski definition) is 2. The fourth-order valence-corrected chi connectivity index (χ4v) is 2.68. The molecule has 0 aliphatic rings. The van der Waals surface area contributed by atoms with Crippen molar-refractivity contribution in [3.05, 3.63) is 25.6 Å². The Morgan fingerprint density at radius 1 is 0.923 bits per heavy atom. The second-order valence-corrected chi connectivity index (χ2v) is 4.55. The number of halogens is 4. The summed E-state index contributed by atoms with van der Waals surface area (Å²) in [5.41, 5.74) is 3.23. The van der Waals surface area contributed by atoms with Crippen LogP contribution in [0, 0.1) is 5.51 Å². The third-order valence-corrected chi connectivity index (χ3v) is 4.19. The highest BCUT2D eigenvalue weighted by atomic mass is 35.5. The van der Waals surface area contributed by atoms with Crippen LogP contribution in [0.5, 0.6) is 0 Å². The lowest BCUT2D eigenvalue weighted by atomic mass is 10.3. The SMILES string of the molecule is Clc1c(Cl)c(Cl)c2s[c]nc2c1Cl. The monoisotopic (exact) mass is 270 g/mol. The van der Waals surface area contributed by atoms with Crippen LogP contribution >= 0.6 is 57.7 Å². The zero-order valence-corrected chi connectivity index (χ0v) is 9.71. The van der Waals surface area contributed by atoms with E-state index in [2.05, 4.69) is 10.5 Å². The number of fused-ring (bicyclic) bond motifs is 1. The van der Waals surface area contributed by atoms with Crippen LogP contribution < -0.4 is 0 Å². The first-order chi connectivity index (χ1) is 6.13. The van der Waals surface area contributed by atoms with Gasteiger partial charge in [-0.15, -0.1) is 11.3 Å². The molecule has 1 nitrogen and oxygen atoms in total. The second kappa shape index (κ2) is 3.44. The van der Waals surface area contributed by atoms with E-state index in [1.165, 1.54) is 11.3 Å². The molecule has 0 amide bonds. The molecule has 0 aliphatic heterocycles. The Bertz CT molecular complexity index is 437. The quantitative estimate of drug-likeness (QED) is 0.500. The summed E-state index contributed by atoms with van der Waals surface area (Å²) in [5, 5.41) is 1.20. The Hall–Kier alpha value is 0.270. The summed E-state index contributed by atoms with van der Waals surface area (Å²) in [4.78, 5) is 3.92. The highest BCUT2D eigenvalue weighted by molar-refractivity contribution is 7.17. The minimum absolute atomic E-state index is 0.236. The van der Waals surface area contributed by atoms with Gasteiger partial charge in [-0.25, -0.2) is 4.98 Å². The number of aromatic nitrogens is 1. The van der Waals surface area contributed by atoms with Crippen molar-refractivity contribution < 1.29 is 0 Å². The van der Waals surface area contributed by atoms with Crippen LogP contribution in [0.2, 0.25) is 20.1 Å². The van der Waals surface area contributed by atoms with E-state index in [9.17, 15) is 0 Å². The summed E-state index contributed by atoms with van der Waals surface area (Å²) in [6, 6.07) is 0. The number of rotatable bonds is 0. The molecular formula is C7Cl4NS. The largest absolute Gasteiger partial charge is 0.232 e. The maximum absolute atomic E-state index is 5.92. The van der Waals surface area contributed by atoms with E-state index in [0.29, 0.717) is 20.3 Å². The van der Waals surface area contributed by atoms with Crippen LogP contribution in [-0.4, -0.2) is 4.98 Å². The fourth-order valence-electron chi connectivity index (χ4n) is 0.907. The molecule has 0 atom stereocenters. The van der Waals surface area contributed by atoms with Crippen LogP contribution in [0.3, 0.4) is 0 Å². The van der Waals surface area contributed by atoms with Gasteiger partial charge in [-0.2, -0.15) is 0 Å². The lowest BCUT2D eigenvalue weighted by Gasteiger charge is -2.02. The molecule has 2 aromatic rings. The molecule has 0 spiro atoms. The molecule has 0 N–H and O–H groups in total. The van der Waals surface area contributed by atoms with Crippen molar-refractivity contribution in [2.45, 2.75) is 0 Å². The van der Waals surface area contributed by atoms with Gasteiger partial charge in [0.2, 0.25) is 0 Å². The molecule has 2 rings (SSSR count). The van der Waals surface area contributed by atoms with Crippen LogP contribution in [0.1, 0.15) is 0 Å². The Labute approximate surface area is 98.2 Å². The number of hydrogen-bond donors (Lipinski definition) is 0. The van der Waals surface area contributed by atoms with Gasteiger partial charge in [-0.1, -0.05) is 46.4 Å². The van der Waals surface area contributed by atoms with E-state index in [-0.39, 0.29) is 10.0 Å². The van der Waals surface area contributed by atoms with E-state index < -0.39 is 0 Å². The van der Waals surface area contributed by atoms with E-state index in [4.69, 9.17) is 46.4 Å². The summed E-state index contributed by atoms with van der Waals surface area (Å²) in [6.07, 6.45) is 0. The van der Waals surface area contributed by atoms with E-state index >= 15 is 0 Å². The molecule has 67 valence electrons. The Morgan fingerprint density at radius 2 is 1.54 bits per heavy atom. The molecule has 1 aromatic carbocycles. The number of benzene rings is 1. The lowest BCUT2D eigenvalue weighted by Crippen LogP contribution is -1.77. The number of nitrogens with zero attached hydrogens (tertiary/aromatic N) is 1. The summed E-state index contributed by atoms with van der Waals surface area (Å²) >= 11 is 24.7. The smallest absolute Gasteiger partial charge is 0.153 e. The molecule has 0 aliphatic carbocycles. The minimum atomic E-state index is 0.236. The molecule has 0 bridgehead atoms. The zero-order chi connectivity index (χ0) is 9.59. The van der Waals surface area contributed by atoms with Gasteiger partial charge in [0.1, 0.15) is 5.52 Å². The summed E-state index contributed by atoms with van der Waals surface area (Å²) < 4.78 is 0.709. The first kappa shape index (κ1) is 9.81.